The van der Waals surface area contributed by atoms with E-state index in [0.29, 0.717) is 28.7 Å². The standard InChI is InChI=1S/C18H23NO7S/c1-22-13-9-14(23-2)11-15(10-13)26-8-7-19-27(20,21)16-5-6-17(24-3)18(12-16)25-4/h5-6,9-12,19H,7-8H2,1-4H3. The van der Waals surface area contributed by atoms with Crippen molar-refractivity contribution in [2.45, 2.75) is 4.90 Å². The van der Waals surface area contributed by atoms with Crippen LogP contribution in [0.5, 0.6) is 28.7 Å². The molecule has 0 atom stereocenters. The van der Waals surface area contributed by atoms with Crippen LogP contribution >= 0.6 is 0 Å². The number of hydrogen-bond donors (Lipinski definition) is 1. The summed E-state index contributed by atoms with van der Waals surface area (Å²) in [6.07, 6.45) is 0. The molecule has 0 spiro atoms. The van der Waals surface area contributed by atoms with Gasteiger partial charge in [0, 0.05) is 30.8 Å². The van der Waals surface area contributed by atoms with Gasteiger partial charge in [-0.3, -0.25) is 0 Å². The highest BCUT2D eigenvalue weighted by molar-refractivity contribution is 7.89. The van der Waals surface area contributed by atoms with Crippen LogP contribution in [0.4, 0.5) is 0 Å². The third kappa shape index (κ3) is 5.41. The van der Waals surface area contributed by atoms with Crippen molar-refractivity contribution in [2.75, 3.05) is 41.6 Å². The van der Waals surface area contributed by atoms with E-state index < -0.39 is 10.0 Å². The van der Waals surface area contributed by atoms with Crippen LogP contribution in [-0.4, -0.2) is 50.0 Å². The molecule has 9 heteroatoms. The molecule has 8 nitrogen and oxygen atoms in total. The highest BCUT2D eigenvalue weighted by Crippen LogP contribution is 2.29. The molecule has 0 heterocycles. The summed E-state index contributed by atoms with van der Waals surface area (Å²) in [6, 6.07) is 9.46. The fourth-order valence-electron chi connectivity index (χ4n) is 2.28. The lowest BCUT2D eigenvalue weighted by molar-refractivity contribution is 0.316. The lowest BCUT2D eigenvalue weighted by atomic mass is 10.3. The Bertz CT molecular complexity index is 846. The maximum absolute atomic E-state index is 12.4. The molecule has 148 valence electrons. The Morgan fingerprint density at radius 2 is 1.37 bits per heavy atom. The minimum absolute atomic E-state index is 0.0724. The summed E-state index contributed by atoms with van der Waals surface area (Å²) in [5.74, 6) is 2.45. The Morgan fingerprint density at radius 3 is 1.93 bits per heavy atom. The molecule has 1 N–H and O–H groups in total. The smallest absolute Gasteiger partial charge is 0.240 e. The van der Waals surface area contributed by atoms with Crippen molar-refractivity contribution in [1.82, 2.24) is 4.72 Å². The average Bonchev–Trinajstić information content (AvgIpc) is 2.70. The summed E-state index contributed by atoms with van der Waals surface area (Å²) in [6.45, 7) is 0.207. The topological polar surface area (TPSA) is 92.3 Å². The van der Waals surface area contributed by atoms with Gasteiger partial charge in [0.15, 0.2) is 11.5 Å². The van der Waals surface area contributed by atoms with Crippen molar-refractivity contribution in [1.29, 1.82) is 0 Å². The van der Waals surface area contributed by atoms with E-state index in [9.17, 15) is 8.42 Å². The van der Waals surface area contributed by atoms with Crippen molar-refractivity contribution >= 4 is 10.0 Å². The van der Waals surface area contributed by atoms with E-state index in [1.807, 2.05) is 0 Å². The molecule has 0 saturated heterocycles. The van der Waals surface area contributed by atoms with Crippen molar-refractivity contribution in [3.05, 3.63) is 36.4 Å². The first-order valence-corrected chi connectivity index (χ1v) is 9.49. The summed E-state index contributed by atoms with van der Waals surface area (Å²) in [5, 5.41) is 0. The zero-order chi connectivity index (χ0) is 19.9. The molecule has 2 rings (SSSR count). The van der Waals surface area contributed by atoms with Crippen LogP contribution in [0, 0.1) is 0 Å². The molecule has 0 fully saturated rings. The average molecular weight is 397 g/mol. The zero-order valence-electron chi connectivity index (χ0n) is 15.6. The molecule has 0 aliphatic heterocycles. The van der Waals surface area contributed by atoms with Crippen LogP contribution in [0.25, 0.3) is 0 Å². The SMILES string of the molecule is COc1cc(OC)cc(OCCNS(=O)(=O)c2ccc(OC)c(OC)c2)c1. The Morgan fingerprint density at radius 1 is 0.778 bits per heavy atom. The number of methoxy groups -OCH3 is 4. The van der Waals surface area contributed by atoms with E-state index in [-0.39, 0.29) is 18.0 Å². The molecular weight excluding hydrogens is 374 g/mol. The lowest BCUT2D eigenvalue weighted by Gasteiger charge is -2.12. The van der Waals surface area contributed by atoms with Gasteiger partial charge < -0.3 is 23.7 Å². The molecule has 0 aliphatic rings. The normalized spacial score (nSPS) is 11.0. The van der Waals surface area contributed by atoms with E-state index >= 15 is 0 Å². The summed E-state index contributed by atoms with van der Waals surface area (Å²) in [5.41, 5.74) is 0. The first-order valence-electron chi connectivity index (χ1n) is 8.01. The number of rotatable bonds is 10. The second-order valence-corrected chi connectivity index (χ2v) is 7.08. The zero-order valence-corrected chi connectivity index (χ0v) is 16.5. The van der Waals surface area contributed by atoms with Gasteiger partial charge in [0.05, 0.1) is 33.3 Å². The summed E-state index contributed by atoms with van der Waals surface area (Å²) in [7, 11) is 2.29. The molecule has 2 aromatic rings. The predicted octanol–water partition coefficient (Wildman–Crippen LogP) is 2.08. The van der Waals surface area contributed by atoms with E-state index in [2.05, 4.69) is 4.72 Å². The molecule has 0 unspecified atom stereocenters. The molecule has 0 radical (unpaired) electrons. The first kappa shape index (κ1) is 20.7. The number of ether oxygens (including phenoxy) is 5. The van der Waals surface area contributed by atoms with Gasteiger partial charge in [0.2, 0.25) is 10.0 Å². The van der Waals surface area contributed by atoms with Gasteiger partial charge in [-0.05, 0) is 12.1 Å². The minimum Gasteiger partial charge on any atom is -0.496 e. The van der Waals surface area contributed by atoms with Crippen molar-refractivity contribution in [2.24, 2.45) is 0 Å². The Balaban J connectivity index is 1.98. The predicted molar refractivity (Wildman–Crippen MR) is 99.8 cm³/mol. The fraction of sp³-hybridized carbons (Fsp3) is 0.333. The summed E-state index contributed by atoms with van der Waals surface area (Å²) >= 11 is 0. The van der Waals surface area contributed by atoms with Crippen molar-refractivity contribution in [3.8, 4) is 28.7 Å². The molecule has 0 bridgehead atoms. The van der Waals surface area contributed by atoms with Gasteiger partial charge in [-0.1, -0.05) is 0 Å². The van der Waals surface area contributed by atoms with E-state index in [4.69, 9.17) is 23.7 Å². The minimum atomic E-state index is -3.71. The summed E-state index contributed by atoms with van der Waals surface area (Å²) < 4.78 is 53.4. The second kappa shape index (κ2) is 9.33. The highest BCUT2D eigenvalue weighted by atomic mass is 32.2. The van der Waals surface area contributed by atoms with Crippen LogP contribution in [0.2, 0.25) is 0 Å². The number of hydrogen-bond acceptors (Lipinski definition) is 7. The third-order valence-corrected chi connectivity index (χ3v) is 5.11. The Hall–Kier alpha value is -2.65. The third-order valence-electron chi connectivity index (χ3n) is 3.65. The molecular formula is C18H23NO7S. The van der Waals surface area contributed by atoms with Crippen LogP contribution < -0.4 is 28.4 Å². The number of sulfonamides is 1. The van der Waals surface area contributed by atoms with Crippen LogP contribution in [0.15, 0.2) is 41.3 Å². The van der Waals surface area contributed by atoms with E-state index in [1.54, 1.807) is 18.2 Å². The molecule has 0 saturated carbocycles. The number of nitrogens with one attached hydrogen (secondary N) is 1. The Labute approximate surface area is 159 Å². The van der Waals surface area contributed by atoms with Gasteiger partial charge in [-0.2, -0.15) is 0 Å². The Kier molecular flexibility index (Phi) is 7.14. The largest absolute Gasteiger partial charge is 0.496 e. The molecule has 0 amide bonds. The molecule has 0 aromatic heterocycles. The van der Waals surface area contributed by atoms with Gasteiger partial charge >= 0.3 is 0 Å². The van der Waals surface area contributed by atoms with Gasteiger partial charge in [-0.15, -0.1) is 0 Å². The first-order chi connectivity index (χ1) is 12.9. The summed E-state index contributed by atoms with van der Waals surface area (Å²) in [4.78, 5) is 0.0724. The maximum atomic E-state index is 12.4. The highest BCUT2D eigenvalue weighted by Gasteiger charge is 2.16. The molecule has 27 heavy (non-hydrogen) atoms. The fourth-order valence-corrected chi connectivity index (χ4v) is 3.30. The van der Waals surface area contributed by atoms with E-state index in [0.717, 1.165) is 0 Å². The van der Waals surface area contributed by atoms with Crippen molar-refractivity contribution in [3.63, 3.8) is 0 Å². The molecule has 2 aromatic carbocycles. The van der Waals surface area contributed by atoms with Gasteiger partial charge in [0.25, 0.3) is 0 Å². The van der Waals surface area contributed by atoms with Crippen LogP contribution in [-0.2, 0) is 10.0 Å². The second-order valence-electron chi connectivity index (χ2n) is 5.31. The van der Waals surface area contributed by atoms with Crippen LogP contribution in [0.3, 0.4) is 0 Å². The van der Waals surface area contributed by atoms with E-state index in [1.165, 1.54) is 46.6 Å². The van der Waals surface area contributed by atoms with Crippen LogP contribution in [0.1, 0.15) is 0 Å². The van der Waals surface area contributed by atoms with Gasteiger partial charge in [0.1, 0.15) is 23.9 Å². The quantitative estimate of drug-likeness (QED) is 0.614. The van der Waals surface area contributed by atoms with Crippen molar-refractivity contribution < 1.29 is 32.1 Å². The lowest BCUT2D eigenvalue weighted by Crippen LogP contribution is -2.28. The van der Waals surface area contributed by atoms with Gasteiger partial charge in [-0.25, -0.2) is 13.1 Å². The molecule has 0 aliphatic carbocycles. The number of benzene rings is 2. The maximum Gasteiger partial charge on any atom is 0.240 e. The monoisotopic (exact) mass is 397 g/mol.